The lowest BCUT2D eigenvalue weighted by atomic mass is 10.0. The number of nitrogens with zero attached hydrogens (tertiary/aromatic N) is 3. The van der Waals surface area contributed by atoms with Gasteiger partial charge in [0.05, 0.1) is 19.1 Å². The van der Waals surface area contributed by atoms with Crippen LogP contribution in [0.5, 0.6) is 0 Å². The molecule has 1 aliphatic rings. The van der Waals surface area contributed by atoms with Gasteiger partial charge in [-0.1, -0.05) is 48.5 Å². The van der Waals surface area contributed by atoms with E-state index in [9.17, 15) is 10.1 Å². The van der Waals surface area contributed by atoms with Crippen molar-refractivity contribution in [2.24, 2.45) is 5.92 Å². The van der Waals surface area contributed by atoms with Crippen molar-refractivity contribution in [3.8, 4) is 17.5 Å². The molecule has 1 saturated carbocycles. The number of esters is 1. The van der Waals surface area contributed by atoms with Gasteiger partial charge in [0, 0.05) is 11.5 Å². The van der Waals surface area contributed by atoms with Crippen LogP contribution in [0.3, 0.4) is 0 Å². The highest BCUT2D eigenvalue weighted by Gasteiger charge is 2.74. The minimum Gasteiger partial charge on any atom is -0.469 e. The predicted octanol–water partition coefficient (Wildman–Crippen LogP) is 3.08. The number of rotatable bonds is 4. The van der Waals surface area contributed by atoms with Crippen molar-refractivity contribution < 1.29 is 13.9 Å². The zero-order chi connectivity index (χ0) is 18.1. The van der Waals surface area contributed by atoms with Crippen LogP contribution < -0.4 is 0 Å². The van der Waals surface area contributed by atoms with Crippen LogP contribution in [0, 0.1) is 17.2 Å². The van der Waals surface area contributed by atoms with E-state index in [-0.39, 0.29) is 11.8 Å². The first-order chi connectivity index (χ1) is 12.7. The third-order valence-electron chi connectivity index (χ3n) is 4.80. The Balaban J connectivity index is 1.78. The lowest BCUT2D eigenvalue weighted by Gasteiger charge is -2.03. The first kappa shape index (κ1) is 16.0. The zero-order valence-electron chi connectivity index (χ0n) is 14.0. The Kier molecular flexibility index (Phi) is 3.77. The summed E-state index contributed by atoms with van der Waals surface area (Å²) in [6, 6.07) is 20.9. The molecule has 1 aliphatic carbocycles. The summed E-state index contributed by atoms with van der Waals surface area (Å²) in [7, 11) is 1.31. The highest BCUT2D eigenvalue weighted by Crippen LogP contribution is 2.65. The fourth-order valence-corrected chi connectivity index (χ4v) is 3.49. The average Bonchev–Trinajstić information content (AvgIpc) is 3.14. The van der Waals surface area contributed by atoms with Crippen LogP contribution in [0.4, 0.5) is 0 Å². The van der Waals surface area contributed by atoms with Crippen molar-refractivity contribution in [2.45, 2.75) is 11.3 Å². The lowest BCUT2D eigenvalue weighted by Crippen LogP contribution is -2.15. The van der Waals surface area contributed by atoms with E-state index in [0.29, 0.717) is 5.89 Å². The van der Waals surface area contributed by atoms with Crippen molar-refractivity contribution in [2.75, 3.05) is 7.11 Å². The maximum absolute atomic E-state index is 12.3. The number of carbonyl (C=O) groups excluding carboxylic acids is 1. The van der Waals surface area contributed by atoms with Crippen LogP contribution in [-0.4, -0.2) is 23.3 Å². The molecular formula is C20H15N3O3. The van der Waals surface area contributed by atoms with Gasteiger partial charge in [-0.25, -0.2) is 0 Å². The molecule has 1 aromatic heterocycles. The molecule has 1 heterocycles. The second-order valence-corrected chi connectivity index (χ2v) is 6.15. The van der Waals surface area contributed by atoms with E-state index in [1.807, 2.05) is 60.7 Å². The summed E-state index contributed by atoms with van der Waals surface area (Å²) in [6.45, 7) is 0. The summed E-state index contributed by atoms with van der Waals surface area (Å²) in [5.74, 6) is -1.06. The van der Waals surface area contributed by atoms with E-state index < -0.39 is 17.3 Å². The summed E-state index contributed by atoms with van der Waals surface area (Å²) in [6.07, 6.45) is 0. The van der Waals surface area contributed by atoms with Crippen LogP contribution in [0.15, 0.2) is 65.1 Å². The number of hydrogen-bond donors (Lipinski definition) is 0. The largest absolute Gasteiger partial charge is 0.469 e. The van der Waals surface area contributed by atoms with Gasteiger partial charge in [-0.3, -0.25) is 4.79 Å². The molecule has 0 radical (unpaired) electrons. The van der Waals surface area contributed by atoms with Gasteiger partial charge in [0.2, 0.25) is 11.8 Å². The summed E-state index contributed by atoms with van der Waals surface area (Å²) >= 11 is 0. The minimum atomic E-state index is -1.21. The van der Waals surface area contributed by atoms with Gasteiger partial charge in [-0.05, 0) is 17.7 Å². The molecule has 128 valence electrons. The van der Waals surface area contributed by atoms with Crippen molar-refractivity contribution in [3.05, 3.63) is 72.1 Å². The second kappa shape index (κ2) is 6.12. The Morgan fingerprint density at radius 1 is 1.12 bits per heavy atom. The number of hydrogen-bond acceptors (Lipinski definition) is 6. The molecule has 6 heteroatoms. The maximum atomic E-state index is 12.3. The van der Waals surface area contributed by atoms with Gasteiger partial charge >= 0.3 is 5.97 Å². The third kappa shape index (κ3) is 2.29. The molecule has 2 aromatic carbocycles. The topological polar surface area (TPSA) is 89.0 Å². The number of benzene rings is 2. The van der Waals surface area contributed by atoms with Crippen molar-refractivity contribution in [1.82, 2.24) is 10.2 Å². The summed E-state index contributed by atoms with van der Waals surface area (Å²) in [4.78, 5) is 12.3. The predicted molar refractivity (Wildman–Crippen MR) is 91.7 cm³/mol. The van der Waals surface area contributed by atoms with E-state index in [1.54, 1.807) is 0 Å². The minimum absolute atomic E-state index is 0.142. The van der Waals surface area contributed by atoms with Gasteiger partial charge in [-0.2, -0.15) is 5.26 Å². The molecule has 3 atom stereocenters. The third-order valence-corrected chi connectivity index (χ3v) is 4.80. The van der Waals surface area contributed by atoms with Crippen molar-refractivity contribution in [1.29, 1.82) is 5.26 Å². The smallest absolute Gasteiger partial charge is 0.311 e. The molecular weight excluding hydrogens is 330 g/mol. The van der Waals surface area contributed by atoms with E-state index in [0.717, 1.165) is 11.1 Å². The quantitative estimate of drug-likeness (QED) is 0.675. The average molecular weight is 345 g/mol. The number of nitriles is 1. The molecule has 26 heavy (non-hydrogen) atoms. The summed E-state index contributed by atoms with van der Waals surface area (Å²) < 4.78 is 10.7. The molecule has 0 bridgehead atoms. The fraction of sp³-hybridized carbons (Fsp3) is 0.200. The fourth-order valence-electron chi connectivity index (χ4n) is 3.49. The van der Waals surface area contributed by atoms with E-state index in [4.69, 9.17) is 9.15 Å². The zero-order valence-corrected chi connectivity index (χ0v) is 14.0. The molecule has 0 saturated heterocycles. The van der Waals surface area contributed by atoms with Gasteiger partial charge in [-0.15, -0.1) is 10.2 Å². The molecule has 0 aliphatic heterocycles. The Morgan fingerprint density at radius 3 is 2.38 bits per heavy atom. The van der Waals surface area contributed by atoms with Crippen LogP contribution >= 0.6 is 0 Å². The Labute approximate surface area is 150 Å². The monoisotopic (exact) mass is 345 g/mol. The highest BCUT2D eigenvalue weighted by molar-refractivity contribution is 5.83. The molecule has 0 amide bonds. The van der Waals surface area contributed by atoms with E-state index in [1.165, 1.54) is 7.11 Å². The number of carbonyl (C=O) groups is 1. The van der Waals surface area contributed by atoms with Crippen LogP contribution in [0.2, 0.25) is 0 Å². The Morgan fingerprint density at radius 2 is 1.77 bits per heavy atom. The second-order valence-electron chi connectivity index (χ2n) is 6.15. The van der Waals surface area contributed by atoms with Gasteiger partial charge in [0.25, 0.3) is 0 Å². The van der Waals surface area contributed by atoms with Gasteiger partial charge in [0.1, 0.15) is 0 Å². The molecule has 6 nitrogen and oxygen atoms in total. The molecule has 4 rings (SSSR count). The van der Waals surface area contributed by atoms with Crippen LogP contribution in [0.25, 0.3) is 11.5 Å². The first-order valence-electron chi connectivity index (χ1n) is 8.15. The van der Waals surface area contributed by atoms with E-state index >= 15 is 0 Å². The standard InChI is InChI=1S/C20H15N3O3/c1-25-18(24)16-15(13-8-4-2-5-9-13)20(16,12-21)19-23-22-17(26-19)14-10-6-3-7-11-14/h2-11,15-16H,1H3/t15-,16+,20-/m1/s1. The van der Waals surface area contributed by atoms with E-state index in [2.05, 4.69) is 16.3 Å². The SMILES string of the molecule is COC(=O)[C@@H]1[C@@H](c2ccccc2)[C@@]1(C#N)c1nnc(-c2ccccc2)o1. The Bertz CT molecular complexity index is 978. The molecule has 1 fully saturated rings. The van der Waals surface area contributed by atoms with Gasteiger partial charge < -0.3 is 9.15 Å². The highest BCUT2D eigenvalue weighted by atomic mass is 16.5. The molecule has 3 aromatic rings. The summed E-state index contributed by atoms with van der Waals surface area (Å²) in [5.41, 5.74) is 0.406. The first-order valence-corrected chi connectivity index (χ1v) is 8.15. The Hall–Kier alpha value is -3.46. The van der Waals surface area contributed by atoms with Crippen molar-refractivity contribution in [3.63, 3.8) is 0 Å². The van der Waals surface area contributed by atoms with Gasteiger partial charge in [0.15, 0.2) is 5.41 Å². The molecule has 0 spiro atoms. The maximum Gasteiger partial charge on any atom is 0.311 e. The number of ether oxygens (including phenoxy) is 1. The number of methoxy groups -OCH3 is 1. The molecule has 0 unspecified atom stereocenters. The van der Waals surface area contributed by atoms with Crippen molar-refractivity contribution >= 4 is 5.97 Å². The number of aromatic nitrogens is 2. The van der Waals surface area contributed by atoms with Crippen LogP contribution in [-0.2, 0) is 14.9 Å². The van der Waals surface area contributed by atoms with Crippen LogP contribution in [0.1, 0.15) is 17.4 Å². The molecule has 0 N–H and O–H groups in total. The lowest BCUT2D eigenvalue weighted by molar-refractivity contribution is -0.142. The summed E-state index contributed by atoms with van der Waals surface area (Å²) in [5, 5.41) is 18.1. The normalized spacial score (nSPS) is 23.8.